The van der Waals surface area contributed by atoms with Gasteiger partial charge in [-0.05, 0) is 72.5 Å². The number of nitrogens with two attached hydrogens (primary N) is 1. The van der Waals surface area contributed by atoms with E-state index in [0.717, 1.165) is 35.5 Å². The van der Waals surface area contributed by atoms with Crippen molar-refractivity contribution in [3.8, 4) is 0 Å². The molecule has 0 spiro atoms. The number of fused-ring (bicyclic) bond motifs is 1. The van der Waals surface area contributed by atoms with Gasteiger partial charge in [0.25, 0.3) is 0 Å². The molecule has 0 aliphatic heterocycles. The van der Waals surface area contributed by atoms with E-state index in [4.69, 9.17) is 5.73 Å². The molecule has 0 radical (unpaired) electrons. The smallest absolute Gasteiger partial charge is 0.00955 e. The molecule has 2 aliphatic rings. The second-order valence-electron chi connectivity index (χ2n) is 9.93. The first-order valence-electron chi connectivity index (χ1n) is 11.1. The fourth-order valence-corrected chi connectivity index (χ4v) is 6.32. The fraction of sp³-hybridized carbons (Fsp3) is 1.00. The minimum absolute atomic E-state index is 0.373. The summed E-state index contributed by atoms with van der Waals surface area (Å²) in [6.07, 6.45) is 8.63. The summed E-state index contributed by atoms with van der Waals surface area (Å²) in [5, 5.41) is 0. The van der Waals surface area contributed by atoms with Gasteiger partial charge in [-0.25, -0.2) is 0 Å². The lowest BCUT2D eigenvalue weighted by molar-refractivity contribution is 0.172. The van der Waals surface area contributed by atoms with Crippen LogP contribution in [0.2, 0.25) is 0 Å². The summed E-state index contributed by atoms with van der Waals surface area (Å²) >= 11 is 0. The summed E-state index contributed by atoms with van der Waals surface area (Å²) in [6.45, 7) is 16.8. The third-order valence-corrected chi connectivity index (χ3v) is 8.44. The molecule has 0 aromatic rings. The van der Waals surface area contributed by atoms with Crippen LogP contribution in [0.15, 0.2) is 0 Å². The van der Waals surface area contributed by atoms with Crippen LogP contribution < -0.4 is 5.73 Å². The average Bonchev–Trinajstić information content (AvgIpc) is 3.11. The second kappa shape index (κ2) is 8.56. The summed E-state index contributed by atoms with van der Waals surface area (Å²) in [5.74, 6) is 7.77. The maximum Gasteiger partial charge on any atom is 0.00955 e. The van der Waals surface area contributed by atoms with Gasteiger partial charge in [-0.15, -0.1) is 0 Å². The Labute approximate surface area is 152 Å². The highest BCUT2D eigenvalue weighted by atomic mass is 14.7. The molecular weight excluding hydrogens is 290 g/mol. The highest BCUT2D eigenvalue weighted by Crippen LogP contribution is 2.58. The van der Waals surface area contributed by atoms with Crippen LogP contribution in [-0.4, -0.2) is 6.04 Å². The van der Waals surface area contributed by atoms with Crippen LogP contribution in [-0.2, 0) is 0 Å². The van der Waals surface area contributed by atoms with Gasteiger partial charge in [-0.3, -0.25) is 0 Å². The molecule has 0 amide bonds. The van der Waals surface area contributed by atoms with Crippen LogP contribution in [0.1, 0.15) is 87.0 Å². The van der Waals surface area contributed by atoms with Gasteiger partial charge in [0.1, 0.15) is 0 Å². The van der Waals surface area contributed by atoms with Gasteiger partial charge in [0.2, 0.25) is 0 Å². The molecule has 0 bridgehead atoms. The van der Waals surface area contributed by atoms with Crippen LogP contribution in [0.3, 0.4) is 0 Å². The zero-order valence-electron chi connectivity index (χ0n) is 17.6. The predicted molar refractivity (Wildman–Crippen MR) is 107 cm³/mol. The SMILES string of the molecule is CCCC(C)C1CC2C(CC)CC(C(C)C(N)C(C)C(C)C)C2C1. The number of hydrogen-bond donors (Lipinski definition) is 1. The van der Waals surface area contributed by atoms with Gasteiger partial charge in [0.15, 0.2) is 0 Å². The van der Waals surface area contributed by atoms with Gasteiger partial charge in [0.05, 0.1) is 0 Å². The molecule has 2 aliphatic carbocycles. The lowest BCUT2D eigenvalue weighted by Gasteiger charge is -2.35. The molecule has 24 heavy (non-hydrogen) atoms. The first-order chi connectivity index (χ1) is 11.3. The quantitative estimate of drug-likeness (QED) is 0.548. The molecule has 2 saturated carbocycles. The Kier molecular flexibility index (Phi) is 7.23. The largest absolute Gasteiger partial charge is 0.327 e. The topological polar surface area (TPSA) is 26.0 Å². The molecule has 142 valence electrons. The zero-order valence-corrected chi connectivity index (χ0v) is 17.6. The van der Waals surface area contributed by atoms with Gasteiger partial charge >= 0.3 is 0 Å². The Hall–Kier alpha value is -0.0400. The van der Waals surface area contributed by atoms with Crippen molar-refractivity contribution in [2.45, 2.75) is 93.0 Å². The van der Waals surface area contributed by atoms with Crippen molar-refractivity contribution in [1.82, 2.24) is 0 Å². The van der Waals surface area contributed by atoms with Crippen LogP contribution >= 0.6 is 0 Å². The molecule has 2 N–H and O–H groups in total. The molecule has 2 fully saturated rings. The normalized spacial score (nSPS) is 38.1. The summed E-state index contributed by atoms with van der Waals surface area (Å²) in [4.78, 5) is 0. The van der Waals surface area contributed by atoms with Crippen molar-refractivity contribution in [2.24, 2.45) is 59.0 Å². The number of hydrogen-bond acceptors (Lipinski definition) is 1. The van der Waals surface area contributed by atoms with E-state index >= 15 is 0 Å². The highest BCUT2D eigenvalue weighted by Gasteiger charge is 2.51. The van der Waals surface area contributed by atoms with Gasteiger partial charge in [-0.1, -0.05) is 67.7 Å². The van der Waals surface area contributed by atoms with E-state index in [1.54, 1.807) is 0 Å². The maximum absolute atomic E-state index is 6.75. The van der Waals surface area contributed by atoms with Crippen LogP contribution in [0.4, 0.5) is 0 Å². The molecule has 2 rings (SSSR count). The predicted octanol–water partition coefficient (Wildman–Crippen LogP) is 6.37. The van der Waals surface area contributed by atoms with E-state index in [0.29, 0.717) is 23.8 Å². The van der Waals surface area contributed by atoms with Crippen LogP contribution in [0.25, 0.3) is 0 Å². The summed E-state index contributed by atoms with van der Waals surface area (Å²) in [5.41, 5.74) is 6.75. The van der Waals surface area contributed by atoms with Crippen LogP contribution in [0, 0.1) is 53.3 Å². The molecule has 0 aromatic carbocycles. The van der Waals surface area contributed by atoms with Crippen molar-refractivity contribution >= 4 is 0 Å². The van der Waals surface area contributed by atoms with Crippen molar-refractivity contribution in [3.63, 3.8) is 0 Å². The summed E-state index contributed by atoms with van der Waals surface area (Å²) < 4.78 is 0. The summed E-state index contributed by atoms with van der Waals surface area (Å²) in [6, 6.07) is 0.373. The second-order valence-corrected chi connectivity index (χ2v) is 9.93. The van der Waals surface area contributed by atoms with E-state index in [-0.39, 0.29) is 0 Å². The molecule has 0 saturated heterocycles. The third-order valence-electron chi connectivity index (χ3n) is 8.44. The number of rotatable bonds is 8. The van der Waals surface area contributed by atoms with E-state index in [9.17, 15) is 0 Å². The van der Waals surface area contributed by atoms with Gasteiger partial charge < -0.3 is 5.73 Å². The Morgan fingerprint density at radius 3 is 2.08 bits per heavy atom. The molecule has 9 atom stereocenters. The highest BCUT2D eigenvalue weighted by molar-refractivity contribution is 5.00. The minimum Gasteiger partial charge on any atom is -0.327 e. The standard InChI is InChI=1S/C23H45N/c1-8-10-15(5)19-12-21-18(9-2)11-20(22(21)13-19)17(7)23(24)16(6)14(3)4/h14-23H,8-13,24H2,1-7H3. The third kappa shape index (κ3) is 4.02. The first-order valence-corrected chi connectivity index (χ1v) is 11.1. The van der Waals surface area contributed by atoms with Crippen molar-refractivity contribution in [3.05, 3.63) is 0 Å². The van der Waals surface area contributed by atoms with Crippen molar-refractivity contribution in [1.29, 1.82) is 0 Å². The van der Waals surface area contributed by atoms with Crippen LogP contribution in [0.5, 0.6) is 0 Å². The van der Waals surface area contributed by atoms with E-state index in [1.807, 2.05) is 0 Å². The van der Waals surface area contributed by atoms with Crippen molar-refractivity contribution < 1.29 is 0 Å². The lowest BCUT2D eigenvalue weighted by atomic mass is 9.73. The average molecular weight is 336 g/mol. The Balaban J connectivity index is 2.08. The van der Waals surface area contributed by atoms with E-state index < -0.39 is 0 Å². The Morgan fingerprint density at radius 1 is 0.917 bits per heavy atom. The summed E-state index contributed by atoms with van der Waals surface area (Å²) in [7, 11) is 0. The molecule has 0 heterocycles. The molecule has 9 unspecified atom stereocenters. The minimum atomic E-state index is 0.373. The molecule has 1 heteroatoms. The van der Waals surface area contributed by atoms with Gasteiger partial charge in [0, 0.05) is 6.04 Å². The molecular formula is C23H45N. The monoisotopic (exact) mass is 335 g/mol. The molecule has 1 nitrogen and oxygen atoms in total. The molecule has 0 aromatic heterocycles. The Bertz CT molecular complexity index is 376. The van der Waals surface area contributed by atoms with E-state index in [2.05, 4.69) is 48.5 Å². The van der Waals surface area contributed by atoms with Crippen molar-refractivity contribution in [2.75, 3.05) is 0 Å². The maximum atomic E-state index is 6.75. The van der Waals surface area contributed by atoms with E-state index in [1.165, 1.54) is 38.5 Å². The lowest BCUT2D eigenvalue weighted by Crippen LogP contribution is -2.41. The fourth-order valence-electron chi connectivity index (χ4n) is 6.32. The first kappa shape index (κ1) is 20.3. The Morgan fingerprint density at radius 2 is 1.54 bits per heavy atom. The van der Waals surface area contributed by atoms with Gasteiger partial charge in [-0.2, -0.15) is 0 Å². The zero-order chi connectivity index (χ0) is 18.0.